The number of pyridine rings is 1. The summed E-state index contributed by atoms with van der Waals surface area (Å²) >= 11 is 0. The average molecular weight is 299 g/mol. The standard InChI is InChI=1S/C17H15F2N3/c1-10-11(2)21-7-6-12(10)16(15-8-20-9-22-15)13-4-3-5-14(18)17(13)19/h3-9,16H,1-2H3,(H,20,22). The molecule has 0 aliphatic heterocycles. The first-order valence-electron chi connectivity index (χ1n) is 6.94. The van der Waals surface area contributed by atoms with Gasteiger partial charge in [0.25, 0.3) is 0 Å². The van der Waals surface area contributed by atoms with Crippen LogP contribution in [0, 0.1) is 25.5 Å². The van der Waals surface area contributed by atoms with Gasteiger partial charge in [-0.05, 0) is 37.1 Å². The van der Waals surface area contributed by atoms with Gasteiger partial charge in [-0.1, -0.05) is 12.1 Å². The zero-order chi connectivity index (χ0) is 15.7. The van der Waals surface area contributed by atoms with E-state index in [0.717, 1.165) is 22.9 Å². The summed E-state index contributed by atoms with van der Waals surface area (Å²) in [6, 6.07) is 6.04. The number of aromatic nitrogens is 3. The third-order valence-electron chi connectivity index (χ3n) is 3.92. The minimum atomic E-state index is -0.860. The van der Waals surface area contributed by atoms with E-state index >= 15 is 0 Å². The maximum Gasteiger partial charge on any atom is 0.163 e. The number of hydrogen-bond donors (Lipinski definition) is 1. The van der Waals surface area contributed by atoms with E-state index in [1.54, 1.807) is 18.5 Å². The van der Waals surface area contributed by atoms with Gasteiger partial charge in [0.15, 0.2) is 11.6 Å². The Morgan fingerprint density at radius 3 is 2.59 bits per heavy atom. The molecule has 22 heavy (non-hydrogen) atoms. The normalized spacial score (nSPS) is 12.4. The minimum absolute atomic E-state index is 0.265. The number of benzene rings is 1. The first-order chi connectivity index (χ1) is 10.6. The number of hydrogen-bond acceptors (Lipinski definition) is 2. The molecule has 0 aliphatic carbocycles. The number of rotatable bonds is 3. The van der Waals surface area contributed by atoms with Crippen LogP contribution < -0.4 is 0 Å². The molecular formula is C17H15F2N3. The maximum atomic E-state index is 14.3. The van der Waals surface area contributed by atoms with Gasteiger partial charge in [-0.15, -0.1) is 0 Å². The van der Waals surface area contributed by atoms with Gasteiger partial charge in [0.05, 0.1) is 17.9 Å². The lowest BCUT2D eigenvalue weighted by atomic mass is 9.86. The average Bonchev–Trinajstić information content (AvgIpc) is 3.02. The van der Waals surface area contributed by atoms with Gasteiger partial charge in [0.1, 0.15) is 0 Å². The zero-order valence-electron chi connectivity index (χ0n) is 12.3. The number of nitrogens with one attached hydrogen (secondary N) is 1. The first kappa shape index (κ1) is 14.4. The molecule has 0 amide bonds. The van der Waals surface area contributed by atoms with Gasteiger partial charge in [-0.25, -0.2) is 13.8 Å². The van der Waals surface area contributed by atoms with Gasteiger partial charge in [-0.2, -0.15) is 0 Å². The first-order valence-corrected chi connectivity index (χ1v) is 6.94. The van der Waals surface area contributed by atoms with Crippen LogP contribution in [0.3, 0.4) is 0 Å². The number of aromatic amines is 1. The monoisotopic (exact) mass is 299 g/mol. The van der Waals surface area contributed by atoms with E-state index < -0.39 is 17.6 Å². The van der Waals surface area contributed by atoms with Gasteiger partial charge in [-0.3, -0.25) is 4.98 Å². The van der Waals surface area contributed by atoms with Crippen molar-refractivity contribution in [2.24, 2.45) is 0 Å². The fourth-order valence-electron chi connectivity index (χ4n) is 2.63. The zero-order valence-corrected chi connectivity index (χ0v) is 12.3. The molecule has 0 saturated carbocycles. The minimum Gasteiger partial charge on any atom is -0.351 e. The number of halogens is 2. The Morgan fingerprint density at radius 1 is 1.05 bits per heavy atom. The highest BCUT2D eigenvalue weighted by atomic mass is 19.2. The third kappa shape index (κ3) is 2.39. The van der Waals surface area contributed by atoms with Crippen molar-refractivity contribution < 1.29 is 8.78 Å². The molecule has 3 nitrogen and oxygen atoms in total. The molecule has 1 atom stereocenters. The molecule has 2 aromatic heterocycles. The molecule has 5 heteroatoms. The van der Waals surface area contributed by atoms with Crippen LogP contribution in [-0.2, 0) is 0 Å². The summed E-state index contributed by atoms with van der Waals surface area (Å²) in [5.41, 5.74) is 3.57. The molecule has 1 N–H and O–H groups in total. The summed E-state index contributed by atoms with van der Waals surface area (Å²) in [5, 5.41) is 0. The second kappa shape index (κ2) is 5.67. The predicted molar refractivity (Wildman–Crippen MR) is 79.6 cm³/mol. The number of aryl methyl sites for hydroxylation is 1. The topological polar surface area (TPSA) is 41.6 Å². The highest BCUT2D eigenvalue weighted by Gasteiger charge is 2.25. The van der Waals surface area contributed by atoms with Crippen LogP contribution in [0.5, 0.6) is 0 Å². The van der Waals surface area contributed by atoms with E-state index in [-0.39, 0.29) is 5.56 Å². The van der Waals surface area contributed by atoms with Crippen molar-refractivity contribution in [3.8, 4) is 0 Å². The number of nitrogens with zero attached hydrogens (tertiary/aromatic N) is 2. The van der Waals surface area contributed by atoms with Crippen LogP contribution in [0.1, 0.15) is 34.0 Å². The Hall–Kier alpha value is -2.56. The lowest BCUT2D eigenvalue weighted by Gasteiger charge is -2.19. The van der Waals surface area contributed by atoms with E-state index in [1.807, 2.05) is 19.9 Å². The van der Waals surface area contributed by atoms with Crippen LogP contribution in [0.25, 0.3) is 0 Å². The van der Waals surface area contributed by atoms with E-state index in [0.29, 0.717) is 5.69 Å². The Balaban J connectivity index is 2.26. The highest BCUT2D eigenvalue weighted by molar-refractivity contribution is 5.44. The molecule has 3 rings (SSSR count). The van der Waals surface area contributed by atoms with Crippen molar-refractivity contribution >= 4 is 0 Å². The Kier molecular flexibility index (Phi) is 3.71. The molecule has 112 valence electrons. The summed E-state index contributed by atoms with van der Waals surface area (Å²) in [7, 11) is 0. The largest absolute Gasteiger partial charge is 0.351 e. The summed E-state index contributed by atoms with van der Waals surface area (Å²) in [6.45, 7) is 3.82. The molecule has 0 fully saturated rings. The lowest BCUT2D eigenvalue weighted by molar-refractivity contribution is 0.497. The van der Waals surface area contributed by atoms with Crippen LogP contribution in [0.2, 0.25) is 0 Å². The molecule has 1 unspecified atom stereocenters. The molecule has 0 bridgehead atoms. The second-order valence-corrected chi connectivity index (χ2v) is 5.18. The summed E-state index contributed by atoms with van der Waals surface area (Å²) in [4.78, 5) is 11.4. The molecule has 1 aromatic carbocycles. The van der Waals surface area contributed by atoms with E-state index in [9.17, 15) is 8.78 Å². The summed E-state index contributed by atoms with van der Waals surface area (Å²) in [5.74, 6) is -2.19. The fraction of sp³-hybridized carbons (Fsp3) is 0.176. The molecule has 0 aliphatic rings. The van der Waals surface area contributed by atoms with Gasteiger partial charge in [0.2, 0.25) is 0 Å². The Bertz CT molecular complexity index is 746. The number of imidazole rings is 1. The molecular weight excluding hydrogens is 284 g/mol. The van der Waals surface area contributed by atoms with Crippen molar-refractivity contribution in [3.05, 3.63) is 82.7 Å². The van der Waals surface area contributed by atoms with Crippen molar-refractivity contribution in [2.75, 3.05) is 0 Å². The van der Waals surface area contributed by atoms with E-state index in [4.69, 9.17) is 0 Å². The molecule has 3 aromatic rings. The van der Waals surface area contributed by atoms with Crippen molar-refractivity contribution in [2.45, 2.75) is 19.8 Å². The molecule has 0 saturated heterocycles. The predicted octanol–water partition coefficient (Wildman–Crippen LogP) is 3.88. The van der Waals surface area contributed by atoms with Crippen LogP contribution in [-0.4, -0.2) is 15.0 Å². The van der Waals surface area contributed by atoms with Crippen molar-refractivity contribution in [3.63, 3.8) is 0 Å². The van der Waals surface area contributed by atoms with Crippen molar-refractivity contribution in [1.82, 2.24) is 15.0 Å². The van der Waals surface area contributed by atoms with Crippen LogP contribution in [0.15, 0.2) is 43.0 Å². The maximum absolute atomic E-state index is 14.3. The van der Waals surface area contributed by atoms with Gasteiger partial charge < -0.3 is 4.98 Å². The third-order valence-corrected chi connectivity index (χ3v) is 3.92. The van der Waals surface area contributed by atoms with Crippen molar-refractivity contribution in [1.29, 1.82) is 0 Å². The van der Waals surface area contributed by atoms with Crippen LogP contribution in [0.4, 0.5) is 8.78 Å². The lowest BCUT2D eigenvalue weighted by Crippen LogP contribution is -2.10. The SMILES string of the molecule is Cc1nccc(C(c2c[nH]cn2)c2cccc(F)c2F)c1C. The Morgan fingerprint density at radius 2 is 1.86 bits per heavy atom. The van der Waals surface area contributed by atoms with Gasteiger partial charge >= 0.3 is 0 Å². The smallest absolute Gasteiger partial charge is 0.163 e. The Labute approximate surface area is 127 Å². The molecule has 0 radical (unpaired) electrons. The van der Waals surface area contributed by atoms with Gasteiger partial charge in [0, 0.05) is 23.7 Å². The summed E-state index contributed by atoms with van der Waals surface area (Å²) < 4.78 is 28.0. The number of H-pyrrole nitrogens is 1. The van der Waals surface area contributed by atoms with E-state index in [2.05, 4.69) is 15.0 Å². The highest BCUT2D eigenvalue weighted by Crippen LogP contribution is 2.34. The molecule has 2 heterocycles. The van der Waals surface area contributed by atoms with Crippen LogP contribution >= 0.6 is 0 Å². The quantitative estimate of drug-likeness (QED) is 0.797. The van der Waals surface area contributed by atoms with E-state index in [1.165, 1.54) is 12.4 Å². The fourth-order valence-corrected chi connectivity index (χ4v) is 2.63. The summed E-state index contributed by atoms with van der Waals surface area (Å²) in [6.07, 6.45) is 4.90. The second-order valence-electron chi connectivity index (χ2n) is 5.18. The molecule has 0 spiro atoms.